The van der Waals surface area contributed by atoms with E-state index in [9.17, 15) is 0 Å². The normalized spacial score (nSPS) is 25.7. The van der Waals surface area contributed by atoms with Crippen LogP contribution in [-0.2, 0) is 9.47 Å². The number of nitrogens with zero attached hydrogens (tertiary/aromatic N) is 5. The van der Waals surface area contributed by atoms with Crippen molar-refractivity contribution in [3.8, 4) is 0 Å². The number of hydrogen-bond acceptors (Lipinski definition) is 10. The number of fused-ring (bicyclic) bond motifs is 1. The molecule has 4 heterocycles. The first-order valence-electron chi connectivity index (χ1n) is 12.4. The van der Waals surface area contributed by atoms with Gasteiger partial charge in [-0.05, 0) is 38.5 Å². The lowest BCUT2D eigenvalue weighted by Crippen LogP contribution is -2.46. The summed E-state index contributed by atoms with van der Waals surface area (Å²) in [6.45, 7) is 5.31. The Hall–Kier alpha value is -2.76. The zero-order valence-corrected chi connectivity index (χ0v) is 19.6. The lowest BCUT2D eigenvalue weighted by Gasteiger charge is -2.39. The number of aliphatic imine (C=N–C) groups is 1. The highest BCUT2D eigenvalue weighted by Gasteiger charge is 2.27. The number of rotatable bonds is 7. The van der Waals surface area contributed by atoms with Crippen molar-refractivity contribution in [3.63, 3.8) is 0 Å². The maximum absolute atomic E-state index is 5.85. The van der Waals surface area contributed by atoms with E-state index in [4.69, 9.17) is 20.2 Å². The molecule has 5 rings (SSSR count). The number of nitrogens with two attached hydrogens (primary N) is 1. The fourth-order valence-electron chi connectivity index (χ4n) is 4.99. The van der Waals surface area contributed by atoms with Gasteiger partial charge in [0.1, 0.15) is 11.0 Å². The van der Waals surface area contributed by atoms with Gasteiger partial charge in [-0.15, -0.1) is 0 Å². The predicted molar refractivity (Wildman–Crippen MR) is 132 cm³/mol. The summed E-state index contributed by atoms with van der Waals surface area (Å²) in [6, 6.07) is 1.28. The Kier molecular flexibility index (Phi) is 7.52. The zero-order valence-electron chi connectivity index (χ0n) is 19.6. The first-order valence-corrected chi connectivity index (χ1v) is 12.4. The van der Waals surface area contributed by atoms with Gasteiger partial charge in [0.25, 0.3) is 0 Å². The SMILES string of the molecule is NC=C(C=NC1CCOCC1)Nc1nc(NC2CCC(N3CCOCC3)CC2)c2[nH]ncc2n1. The van der Waals surface area contributed by atoms with Gasteiger partial charge >= 0.3 is 0 Å². The number of H-pyrrole nitrogens is 1. The van der Waals surface area contributed by atoms with E-state index in [-0.39, 0.29) is 6.04 Å². The molecule has 11 heteroatoms. The van der Waals surface area contributed by atoms with Gasteiger partial charge in [0.2, 0.25) is 5.95 Å². The molecule has 0 aromatic carbocycles. The first-order chi connectivity index (χ1) is 16.8. The highest BCUT2D eigenvalue weighted by Crippen LogP contribution is 2.28. The maximum Gasteiger partial charge on any atom is 0.230 e. The molecule has 0 radical (unpaired) electrons. The van der Waals surface area contributed by atoms with Crippen molar-refractivity contribution in [1.29, 1.82) is 0 Å². The molecular formula is C23H35N9O2. The lowest BCUT2D eigenvalue weighted by molar-refractivity contribution is 0.00791. The number of morpholine rings is 1. The number of anilines is 2. The molecule has 1 saturated carbocycles. The molecule has 2 aromatic rings. The summed E-state index contributed by atoms with van der Waals surface area (Å²) in [5, 5.41) is 14.1. The van der Waals surface area contributed by atoms with Crippen LogP contribution in [0.5, 0.6) is 0 Å². The fourth-order valence-corrected chi connectivity index (χ4v) is 4.99. The summed E-state index contributed by atoms with van der Waals surface area (Å²) < 4.78 is 10.9. The van der Waals surface area contributed by atoms with E-state index in [0.29, 0.717) is 23.7 Å². The van der Waals surface area contributed by atoms with E-state index in [1.807, 2.05) is 0 Å². The van der Waals surface area contributed by atoms with Gasteiger partial charge in [0, 0.05) is 50.8 Å². The third-order valence-corrected chi connectivity index (χ3v) is 6.95. The van der Waals surface area contributed by atoms with Crippen LogP contribution in [0, 0.1) is 0 Å². The molecular weight excluding hydrogens is 434 g/mol. The van der Waals surface area contributed by atoms with Crippen molar-refractivity contribution in [3.05, 3.63) is 18.1 Å². The number of nitrogens with one attached hydrogen (secondary N) is 3. The Labute approximate surface area is 199 Å². The van der Waals surface area contributed by atoms with E-state index in [0.717, 1.165) is 82.1 Å². The smallest absolute Gasteiger partial charge is 0.230 e. The molecule has 2 saturated heterocycles. The second-order valence-electron chi connectivity index (χ2n) is 9.19. The van der Waals surface area contributed by atoms with Crippen LogP contribution in [0.2, 0.25) is 0 Å². The summed E-state index contributed by atoms with van der Waals surface area (Å²) in [4.78, 5) is 16.6. The monoisotopic (exact) mass is 469 g/mol. The number of ether oxygens (including phenoxy) is 2. The molecule has 3 fully saturated rings. The minimum atomic E-state index is 0.257. The second kappa shape index (κ2) is 11.1. The topological polar surface area (TPSA) is 139 Å². The van der Waals surface area contributed by atoms with Gasteiger partial charge in [-0.25, -0.2) is 4.98 Å². The molecule has 5 N–H and O–H groups in total. The third kappa shape index (κ3) is 5.65. The minimum absolute atomic E-state index is 0.257. The van der Waals surface area contributed by atoms with E-state index in [1.165, 1.54) is 19.0 Å². The van der Waals surface area contributed by atoms with Crippen LogP contribution < -0.4 is 16.4 Å². The molecule has 0 unspecified atom stereocenters. The van der Waals surface area contributed by atoms with E-state index in [1.54, 1.807) is 12.4 Å². The Morgan fingerprint density at radius 1 is 1.06 bits per heavy atom. The molecule has 0 spiro atoms. The summed E-state index contributed by atoms with van der Waals surface area (Å²) in [5.41, 5.74) is 8.07. The maximum atomic E-state index is 5.85. The van der Waals surface area contributed by atoms with Gasteiger partial charge in [-0.2, -0.15) is 10.1 Å². The molecule has 184 valence electrons. The van der Waals surface area contributed by atoms with Gasteiger partial charge in [0.05, 0.1) is 31.1 Å². The average Bonchev–Trinajstić information content (AvgIpc) is 3.37. The van der Waals surface area contributed by atoms with Crippen LogP contribution in [0.3, 0.4) is 0 Å². The van der Waals surface area contributed by atoms with Crippen LogP contribution in [0.4, 0.5) is 11.8 Å². The van der Waals surface area contributed by atoms with E-state index < -0.39 is 0 Å². The largest absolute Gasteiger partial charge is 0.403 e. The molecule has 1 aliphatic carbocycles. The molecule has 3 aliphatic rings. The Bertz CT molecular complexity index is 987. The minimum Gasteiger partial charge on any atom is -0.403 e. The van der Waals surface area contributed by atoms with Gasteiger partial charge in [-0.1, -0.05) is 0 Å². The zero-order chi connectivity index (χ0) is 23.2. The van der Waals surface area contributed by atoms with Crippen LogP contribution in [-0.4, -0.2) is 88.9 Å². The molecule has 0 bridgehead atoms. The van der Waals surface area contributed by atoms with Crippen molar-refractivity contribution in [2.45, 2.75) is 56.7 Å². The standard InChI is InChI=1S/C23H35N9O2/c24-13-18(14-25-16-5-9-33-10-6-16)28-23-29-20-15-26-31-21(20)22(30-23)27-17-1-3-19(4-2-17)32-7-11-34-12-8-32/h13-17,19H,1-12,24H2,(H,26,31)(H2,27,28,29,30). The number of aromatic nitrogens is 4. The Morgan fingerprint density at radius 2 is 1.82 bits per heavy atom. The molecule has 11 nitrogen and oxygen atoms in total. The predicted octanol–water partition coefficient (Wildman–Crippen LogP) is 1.87. The van der Waals surface area contributed by atoms with Gasteiger partial charge in [0.15, 0.2) is 5.82 Å². The molecule has 0 amide bonds. The Balaban J connectivity index is 1.23. The summed E-state index contributed by atoms with van der Waals surface area (Å²) >= 11 is 0. The van der Waals surface area contributed by atoms with Crippen LogP contribution in [0.1, 0.15) is 38.5 Å². The number of hydrogen-bond donors (Lipinski definition) is 4. The Morgan fingerprint density at radius 3 is 2.59 bits per heavy atom. The fraction of sp³-hybridized carbons (Fsp3) is 0.652. The van der Waals surface area contributed by atoms with Crippen molar-refractivity contribution in [1.82, 2.24) is 25.1 Å². The lowest BCUT2D eigenvalue weighted by atomic mass is 9.90. The highest BCUT2D eigenvalue weighted by atomic mass is 16.5. The first kappa shape index (κ1) is 23.0. The van der Waals surface area contributed by atoms with Gasteiger partial charge in [-0.3, -0.25) is 15.0 Å². The average molecular weight is 470 g/mol. The van der Waals surface area contributed by atoms with Crippen LogP contribution in [0.15, 0.2) is 23.1 Å². The van der Waals surface area contributed by atoms with E-state index in [2.05, 4.69) is 35.7 Å². The quantitative estimate of drug-likeness (QED) is 0.448. The van der Waals surface area contributed by atoms with E-state index >= 15 is 0 Å². The van der Waals surface area contributed by atoms with Gasteiger partial charge < -0.3 is 25.8 Å². The van der Waals surface area contributed by atoms with Crippen molar-refractivity contribution >= 4 is 29.0 Å². The van der Waals surface area contributed by atoms with Crippen LogP contribution >= 0.6 is 0 Å². The molecule has 2 aromatic heterocycles. The van der Waals surface area contributed by atoms with Crippen molar-refractivity contribution in [2.24, 2.45) is 10.7 Å². The summed E-state index contributed by atoms with van der Waals surface area (Å²) in [5.74, 6) is 1.23. The second-order valence-corrected chi connectivity index (χ2v) is 9.19. The summed E-state index contributed by atoms with van der Waals surface area (Å²) in [7, 11) is 0. The number of allylic oxidation sites excluding steroid dienone is 1. The highest BCUT2D eigenvalue weighted by molar-refractivity contribution is 5.87. The summed E-state index contributed by atoms with van der Waals surface area (Å²) in [6.07, 6.45) is 11.4. The van der Waals surface area contributed by atoms with Crippen LogP contribution in [0.25, 0.3) is 11.0 Å². The molecule has 34 heavy (non-hydrogen) atoms. The van der Waals surface area contributed by atoms with Crippen molar-refractivity contribution < 1.29 is 9.47 Å². The third-order valence-electron chi connectivity index (χ3n) is 6.95. The molecule has 0 atom stereocenters. The van der Waals surface area contributed by atoms with Crippen molar-refractivity contribution in [2.75, 3.05) is 50.2 Å². The number of aromatic amines is 1. The molecule has 2 aliphatic heterocycles.